The van der Waals surface area contributed by atoms with Crippen molar-refractivity contribution in [3.8, 4) is 0 Å². The number of furan rings is 1. The summed E-state index contributed by atoms with van der Waals surface area (Å²) in [4.78, 5) is 17.5. The lowest BCUT2D eigenvalue weighted by molar-refractivity contribution is -0.111. The molecule has 1 fully saturated rings. The number of amides is 1. The monoisotopic (exact) mass is 330 g/mol. The highest BCUT2D eigenvalue weighted by Gasteiger charge is 2.36. The largest absolute Gasteiger partial charge is 0.461 e. The molecular weight excluding hydrogens is 312 g/mol. The van der Waals surface area contributed by atoms with Crippen molar-refractivity contribution < 1.29 is 13.9 Å². The first-order valence-electron chi connectivity index (χ1n) is 7.84. The van der Waals surface area contributed by atoms with Crippen LogP contribution in [0.2, 0.25) is 0 Å². The van der Waals surface area contributed by atoms with Crippen LogP contribution in [0.1, 0.15) is 41.4 Å². The minimum atomic E-state index is -0.199. The molecule has 2 aromatic heterocycles. The second kappa shape index (κ2) is 5.94. The molecule has 1 saturated carbocycles. The fourth-order valence-corrected chi connectivity index (χ4v) is 3.71. The van der Waals surface area contributed by atoms with Gasteiger partial charge >= 0.3 is 0 Å². The SMILES string of the molecule is CC1CC1c1ccc(/C=C/C(=O)Nc2nc3c(s2)COCC3)o1. The van der Waals surface area contributed by atoms with Crippen molar-refractivity contribution in [3.63, 3.8) is 0 Å². The molecule has 2 atom stereocenters. The van der Waals surface area contributed by atoms with Crippen LogP contribution < -0.4 is 5.32 Å². The molecule has 3 heterocycles. The summed E-state index contributed by atoms with van der Waals surface area (Å²) in [6.45, 7) is 3.51. The summed E-state index contributed by atoms with van der Waals surface area (Å²) in [6.07, 6.45) is 5.18. The summed E-state index contributed by atoms with van der Waals surface area (Å²) >= 11 is 1.48. The molecule has 120 valence electrons. The van der Waals surface area contributed by atoms with E-state index in [4.69, 9.17) is 9.15 Å². The first-order valence-corrected chi connectivity index (χ1v) is 8.66. The Labute approximate surface area is 138 Å². The van der Waals surface area contributed by atoms with Crippen LogP contribution in [0, 0.1) is 5.92 Å². The molecule has 0 bridgehead atoms. The highest BCUT2D eigenvalue weighted by atomic mass is 32.1. The van der Waals surface area contributed by atoms with Crippen LogP contribution in [0.5, 0.6) is 0 Å². The average Bonchev–Trinajstić information content (AvgIpc) is 2.97. The molecule has 5 nitrogen and oxygen atoms in total. The number of hydrogen-bond donors (Lipinski definition) is 1. The number of carbonyl (C=O) groups excluding carboxylic acids is 1. The zero-order valence-corrected chi connectivity index (χ0v) is 13.7. The van der Waals surface area contributed by atoms with Crippen molar-refractivity contribution in [1.29, 1.82) is 0 Å². The summed E-state index contributed by atoms with van der Waals surface area (Å²) in [6, 6.07) is 3.91. The van der Waals surface area contributed by atoms with Crippen molar-refractivity contribution >= 4 is 28.5 Å². The van der Waals surface area contributed by atoms with Crippen LogP contribution in [-0.4, -0.2) is 17.5 Å². The molecular formula is C17H18N2O3S. The Morgan fingerprint density at radius 1 is 1.48 bits per heavy atom. The minimum Gasteiger partial charge on any atom is -0.461 e. The summed E-state index contributed by atoms with van der Waals surface area (Å²) in [5, 5.41) is 3.43. The van der Waals surface area contributed by atoms with Crippen LogP contribution in [0.4, 0.5) is 5.13 Å². The van der Waals surface area contributed by atoms with E-state index in [-0.39, 0.29) is 5.91 Å². The number of anilines is 1. The first kappa shape index (κ1) is 14.7. The van der Waals surface area contributed by atoms with E-state index in [1.54, 1.807) is 6.08 Å². The Kier molecular flexibility index (Phi) is 3.79. The Morgan fingerprint density at radius 2 is 2.35 bits per heavy atom. The first-order chi connectivity index (χ1) is 11.2. The predicted octanol–water partition coefficient (Wildman–Crippen LogP) is 3.58. The number of aromatic nitrogens is 1. The van der Waals surface area contributed by atoms with Gasteiger partial charge in [-0.3, -0.25) is 10.1 Å². The van der Waals surface area contributed by atoms with E-state index in [0.717, 1.165) is 22.8 Å². The van der Waals surface area contributed by atoms with E-state index in [0.29, 0.717) is 35.9 Å². The zero-order chi connectivity index (χ0) is 15.8. The molecule has 1 N–H and O–H groups in total. The second-order valence-electron chi connectivity index (χ2n) is 6.07. The predicted molar refractivity (Wildman–Crippen MR) is 88.4 cm³/mol. The Morgan fingerprint density at radius 3 is 3.13 bits per heavy atom. The Hall–Kier alpha value is -1.92. The molecule has 1 amide bonds. The quantitative estimate of drug-likeness (QED) is 0.870. The number of rotatable bonds is 4. The summed E-state index contributed by atoms with van der Waals surface area (Å²) in [5.74, 6) is 2.79. The molecule has 0 spiro atoms. The maximum absolute atomic E-state index is 12.0. The Bertz CT molecular complexity index is 738. The topological polar surface area (TPSA) is 64.4 Å². The van der Waals surface area contributed by atoms with Crippen molar-refractivity contribution in [2.75, 3.05) is 11.9 Å². The summed E-state index contributed by atoms with van der Waals surface area (Å²) in [7, 11) is 0. The number of thiazole rings is 1. The molecule has 1 aliphatic carbocycles. The molecule has 4 rings (SSSR count). The number of nitrogens with one attached hydrogen (secondary N) is 1. The number of nitrogens with zero attached hydrogens (tertiary/aromatic N) is 1. The fourth-order valence-electron chi connectivity index (χ4n) is 2.76. The maximum Gasteiger partial charge on any atom is 0.250 e. The highest BCUT2D eigenvalue weighted by Crippen LogP contribution is 2.47. The van der Waals surface area contributed by atoms with E-state index in [2.05, 4.69) is 17.2 Å². The van der Waals surface area contributed by atoms with Gasteiger partial charge in [0.15, 0.2) is 5.13 Å². The molecule has 0 radical (unpaired) electrons. The van der Waals surface area contributed by atoms with Crippen LogP contribution in [0.3, 0.4) is 0 Å². The van der Waals surface area contributed by atoms with Crippen LogP contribution in [0.25, 0.3) is 6.08 Å². The fraction of sp³-hybridized carbons (Fsp3) is 0.412. The van der Waals surface area contributed by atoms with Crippen LogP contribution in [0.15, 0.2) is 22.6 Å². The maximum atomic E-state index is 12.0. The summed E-state index contributed by atoms with van der Waals surface area (Å²) < 4.78 is 11.1. The molecule has 1 aliphatic heterocycles. The van der Waals surface area contributed by atoms with Crippen LogP contribution >= 0.6 is 11.3 Å². The summed E-state index contributed by atoms with van der Waals surface area (Å²) in [5.41, 5.74) is 1.04. The Balaban J connectivity index is 1.37. The lowest BCUT2D eigenvalue weighted by Crippen LogP contribution is -2.09. The highest BCUT2D eigenvalue weighted by molar-refractivity contribution is 7.15. The minimum absolute atomic E-state index is 0.199. The van der Waals surface area contributed by atoms with Gasteiger partial charge in [0, 0.05) is 18.4 Å². The molecule has 6 heteroatoms. The average molecular weight is 330 g/mol. The van der Waals surface area contributed by atoms with Gasteiger partial charge in [0.25, 0.3) is 0 Å². The van der Waals surface area contributed by atoms with Gasteiger partial charge < -0.3 is 9.15 Å². The number of carbonyl (C=O) groups is 1. The van der Waals surface area contributed by atoms with E-state index in [1.807, 2.05) is 12.1 Å². The van der Waals surface area contributed by atoms with Gasteiger partial charge in [-0.2, -0.15) is 0 Å². The van der Waals surface area contributed by atoms with E-state index in [9.17, 15) is 4.79 Å². The van der Waals surface area contributed by atoms with Crippen LogP contribution in [-0.2, 0) is 22.6 Å². The third-order valence-electron chi connectivity index (χ3n) is 4.25. The van der Waals surface area contributed by atoms with Crippen molar-refractivity contribution in [2.24, 2.45) is 5.92 Å². The van der Waals surface area contributed by atoms with Gasteiger partial charge in [0.05, 0.1) is 23.8 Å². The van der Waals surface area contributed by atoms with Crippen molar-refractivity contribution in [1.82, 2.24) is 4.98 Å². The van der Waals surface area contributed by atoms with Gasteiger partial charge in [-0.15, -0.1) is 0 Å². The standard InChI is InChI=1S/C17H18N2O3S/c1-10-8-12(10)14-4-2-11(22-14)3-5-16(20)19-17-18-13-6-7-21-9-15(13)23-17/h2-5,10,12H,6-9H2,1H3,(H,18,19,20)/b5-3+. The smallest absolute Gasteiger partial charge is 0.250 e. The third kappa shape index (κ3) is 3.23. The van der Waals surface area contributed by atoms with E-state index in [1.165, 1.54) is 23.8 Å². The lowest BCUT2D eigenvalue weighted by Gasteiger charge is -2.08. The third-order valence-corrected chi connectivity index (χ3v) is 5.23. The molecule has 2 unspecified atom stereocenters. The van der Waals surface area contributed by atoms with Gasteiger partial charge in [0.1, 0.15) is 11.5 Å². The number of ether oxygens (including phenoxy) is 1. The second-order valence-corrected chi connectivity index (χ2v) is 7.16. The lowest BCUT2D eigenvalue weighted by atomic mass is 10.2. The number of fused-ring (bicyclic) bond motifs is 1. The molecule has 0 aromatic carbocycles. The van der Waals surface area contributed by atoms with Gasteiger partial charge in [-0.05, 0) is 30.5 Å². The van der Waals surface area contributed by atoms with E-state index < -0.39 is 0 Å². The normalized spacial score (nSPS) is 23.0. The molecule has 2 aliphatic rings. The molecule has 23 heavy (non-hydrogen) atoms. The van der Waals surface area contributed by atoms with Gasteiger partial charge in [0.2, 0.25) is 5.91 Å². The molecule has 0 saturated heterocycles. The zero-order valence-electron chi connectivity index (χ0n) is 12.9. The van der Waals surface area contributed by atoms with E-state index >= 15 is 0 Å². The molecule has 2 aromatic rings. The number of hydrogen-bond acceptors (Lipinski definition) is 5. The van der Waals surface area contributed by atoms with Crippen molar-refractivity contribution in [2.45, 2.75) is 32.3 Å². The van der Waals surface area contributed by atoms with Crippen molar-refractivity contribution in [3.05, 3.63) is 40.3 Å². The van der Waals surface area contributed by atoms with Gasteiger partial charge in [-0.1, -0.05) is 18.3 Å². The van der Waals surface area contributed by atoms with Gasteiger partial charge in [-0.25, -0.2) is 4.98 Å².